The molecule has 0 spiro atoms. The number of carbonyl (C=O) groups excluding carboxylic acids is 1. The lowest BCUT2D eigenvalue weighted by atomic mass is 10.1. The third-order valence-corrected chi connectivity index (χ3v) is 6.49. The van der Waals surface area contributed by atoms with E-state index in [1.807, 2.05) is 11.8 Å². The highest BCUT2D eigenvalue weighted by Gasteiger charge is 2.24. The zero-order valence-corrected chi connectivity index (χ0v) is 17.9. The van der Waals surface area contributed by atoms with Crippen molar-refractivity contribution in [1.82, 2.24) is 14.9 Å². The van der Waals surface area contributed by atoms with Gasteiger partial charge in [-0.05, 0) is 43.3 Å². The van der Waals surface area contributed by atoms with Crippen LogP contribution in [0.15, 0.2) is 71.9 Å². The summed E-state index contributed by atoms with van der Waals surface area (Å²) in [7, 11) is -3.73. The van der Waals surface area contributed by atoms with Crippen LogP contribution in [0.25, 0.3) is 0 Å². The molecule has 160 valence electrons. The first-order valence-corrected chi connectivity index (χ1v) is 11.4. The molecule has 1 N–H and O–H groups in total. The quantitative estimate of drug-likeness (QED) is 0.659. The number of aromatic nitrogens is 2. The Hall–Kier alpha value is -3.46. The molecular formula is C22H23N5O3S. The Morgan fingerprint density at radius 2 is 1.61 bits per heavy atom. The Kier molecular flexibility index (Phi) is 5.85. The van der Waals surface area contributed by atoms with Crippen LogP contribution in [0, 0.1) is 6.92 Å². The van der Waals surface area contributed by atoms with Gasteiger partial charge in [0.25, 0.3) is 15.9 Å². The standard InChI is InChI=1S/C22H23N5O3S/c1-17-6-8-20(9-7-17)31(29,30)25-19-5-2-4-18(16-19)21(28)26-12-14-27(15-13-26)22-23-10-3-11-24-22/h2-11,16,25H,12-15H2,1H3. The summed E-state index contributed by atoms with van der Waals surface area (Å²) in [4.78, 5) is 25.4. The highest BCUT2D eigenvalue weighted by atomic mass is 32.2. The summed E-state index contributed by atoms with van der Waals surface area (Å²) >= 11 is 0. The first kappa shape index (κ1) is 20.8. The molecule has 0 unspecified atom stereocenters. The molecule has 1 fully saturated rings. The summed E-state index contributed by atoms with van der Waals surface area (Å²) in [5, 5.41) is 0. The third-order valence-electron chi connectivity index (χ3n) is 5.09. The molecule has 0 aliphatic carbocycles. The molecule has 4 rings (SSSR count). The first-order valence-electron chi connectivity index (χ1n) is 9.93. The SMILES string of the molecule is Cc1ccc(S(=O)(=O)Nc2cccc(C(=O)N3CCN(c4ncccn4)CC3)c2)cc1. The van der Waals surface area contributed by atoms with Crippen LogP contribution in [0.2, 0.25) is 0 Å². The lowest BCUT2D eigenvalue weighted by Crippen LogP contribution is -2.49. The Morgan fingerprint density at radius 1 is 0.935 bits per heavy atom. The monoisotopic (exact) mass is 437 g/mol. The van der Waals surface area contributed by atoms with E-state index in [-0.39, 0.29) is 10.8 Å². The van der Waals surface area contributed by atoms with Gasteiger partial charge in [-0.1, -0.05) is 23.8 Å². The van der Waals surface area contributed by atoms with Crippen molar-refractivity contribution in [2.75, 3.05) is 35.8 Å². The van der Waals surface area contributed by atoms with E-state index < -0.39 is 10.0 Å². The maximum atomic E-state index is 13.0. The van der Waals surface area contributed by atoms with Gasteiger partial charge in [0.2, 0.25) is 5.95 Å². The zero-order chi connectivity index (χ0) is 21.8. The predicted molar refractivity (Wildman–Crippen MR) is 119 cm³/mol. The van der Waals surface area contributed by atoms with E-state index in [9.17, 15) is 13.2 Å². The van der Waals surface area contributed by atoms with Gasteiger partial charge in [0.15, 0.2) is 0 Å². The Bertz CT molecular complexity index is 1160. The fraction of sp³-hybridized carbons (Fsp3) is 0.227. The van der Waals surface area contributed by atoms with Gasteiger partial charge in [0.05, 0.1) is 4.90 Å². The Morgan fingerprint density at radius 3 is 2.29 bits per heavy atom. The molecule has 1 aromatic heterocycles. The fourth-order valence-electron chi connectivity index (χ4n) is 3.39. The molecule has 0 saturated carbocycles. The molecule has 0 bridgehead atoms. The normalized spacial score (nSPS) is 14.4. The number of nitrogens with one attached hydrogen (secondary N) is 1. The van der Waals surface area contributed by atoms with E-state index in [0.29, 0.717) is 43.4 Å². The average Bonchev–Trinajstić information content (AvgIpc) is 2.79. The van der Waals surface area contributed by atoms with Crippen LogP contribution in [0.4, 0.5) is 11.6 Å². The van der Waals surface area contributed by atoms with Gasteiger partial charge in [-0.3, -0.25) is 9.52 Å². The Labute approximate surface area is 181 Å². The number of carbonyl (C=O) groups is 1. The number of amides is 1. The molecule has 31 heavy (non-hydrogen) atoms. The van der Waals surface area contributed by atoms with Crippen molar-refractivity contribution in [2.24, 2.45) is 0 Å². The number of anilines is 2. The second-order valence-corrected chi connectivity index (χ2v) is 9.01. The van der Waals surface area contributed by atoms with E-state index >= 15 is 0 Å². The number of nitrogens with zero attached hydrogens (tertiary/aromatic N) is 4. The highest BCUT2D eigenvalue weighted by Crippen LogP contribution is 2.19. The van der Waals surface area contributed by atoms with Crippen molar-refractivity contribution < 1.29 is 13.2 Å². The minimum atomic E-state index is -3.73. The summed E-state index contributed by atoms with van der Waals surface area (Å²) in [6.07, 6.45) is 3.39. The fourth-order valence-corrected chi connectivity index (χ4v) is 4.44. The molecule has 1 aliphatic heterocycles. The molecule has 2 heterocycles. The minimum absolute atomic E-state index is 0.134. The van der Waals surface area contributed by atoms with Gasteiger partial charge < -0.3 is 9.80 Å². The van der Waals surface area contributed by atoms with Crippen LogP contribution in [-0.2, 0) is 10.0 Å². The predicted octanol–water partition coefficient (Wildman–Crippen LogP) is 2.55. The maximum absolute atomic E-state index is 13.0. The van der Waals surface area contributed by atoms with Crippen molar-refractivity contribution in [3.05, 3.63) is 78.1 Å². The molecule has 1 saturated heterocycles. The second kappa shape index (κ2) is 8.73. The number of hydrogen-bond donors (Lipinski definition) is 1. The van der Waals surface area contributed by atoms with Gasteiger partial charge in [-0.25, -0.2) is 18.4 Å². The number of hydrogen-bond acceptors (Lipinski definition) is 6. The van der Waals surface area contributed by atoms with Gasteiger partial charge in [-0.2, -0.15) is 0 Å². The number of rotatable bonds is 5. The lowest BCUT2D eigenvalue weighted by Gasteiger charge is -2.34. The number of sulfonamides is 1. The van der Waals surface area contributed by atoms with Gasteiger partial charge in [-0.15, -0.1) is 0 Å². The molecule has 8 nitrogen and oxygen atoms in total. The molecule has 0 radical (unpaired) electrons. The van der Waals surface area contributed by atoms with E-state index in [2.05, 4.69) is 14.7 Å². The first-order chi connectivity index (χ1) is 14.9. The molecule has 9 heteroatoms. The number of aryl methyl sites for hydroxylation is 1. The van der Waals surface area contributed by atoms with E-state index in [1.165, 1.54) is 0 Å². The topological polar surface area (TPSA) is 95.5 Å². The smallest absolute Gasteiger partial charge is 0.261 e. The van der Waals surface area contributed by atoms with Crippen molar-refractivity contribution in [3.8, 4) is 0 Å². The van der Waals surface area contributed by atoms with Crippen LogP contribution < -0.4 is 9.62 Å². The largest absolute Gasteiger partial charge is 0.337 e. The van der Waals surface area contributed by atoms with Crippen molar-refractivity contribution in [3.63, 3.8) is 0 Å². The van der Waals surface area contributed by atoms with Crippen LogP contribution in [-0.4, -0.2) is 55.4 Å². The summed E-state index contributed by atoms with van der Waals surface area (Å²) in [5.41, 5.74) is 1.77. The van der Waals surface area contributed by atoms with Crippen LogP contribution in [0.3, 0.4) is 0 Å². The van der Waals surface area contributed by atoms with E-state index in [0.717, 1.165) is 5.56 Å². The number of piperazine rings is 1. The molecule has 1 amide bonds. The zero-order valence-electron chi connectivity index (χ0n) is 17.1. The van der Waals surface area contributed by atoms with Crippen molar-refractivity contribution in [2.45, 2.75) is 11.8 Å². The average molecular weight is 438 g/mol. The molecule has 0 atom stereocenters. The minimum Gasteiger partial charge on any atom is -0.337 e. The van der Waals surface area contributed by atoms with Crippen molar-refractivity contribution in [1.29, 1.82) is 0 Å². The van der Waals surface area contributed by atoms with Gasteiger partial charge >= 0.3 is 0 Å². The lowest BCUT2D eigenvalue weighted by molar-refractivity contribution is 0.0746. The summed E-state index contributed by atoms with van der Waals surface area (Å²) in [6, 6.07) is 14.9. The summed E-state index contributed by atoms with van der Waals surface area (Å²) < 4.78 is 27.8. The molecule has 2 aromatic carbocycles. The molecule has 3 aromatic rings. The van der Waals surface area contributed by atoms with E-state index in [1.54, 1.807) is 71.9 Å². The highest BCUT2D eigenvalue weighted by molar-refractivity contribution is 7.92. The second-order valence-electron chi connectivity index (χ2n) is 7.33. The Balaban J connectivity index is 1.43. The molecular weight excluding hydrogens is 414 g/mol. The van der Waals surface area contributed by atoms with Crippen molar-refractivity contribution >= 4 is 27.6 Å². The summed E-state index contributed by atoms with van der Waals surface area (Å²) in [5.74, 6) is 0.520. The van der Waals surface area contributed by atoms with Gasteiger partial charge in [0, 0.05) is 49.8 Å². The van der Waals surface area contributed by atoms with Crippen LogP contribution >= 0.6 is 0 Å². The molecule has 1 aliphatic rings. The van der Waals surface area contributed by atoms with Crippen LogP contribution in [0.1, 0.15) is 15.9 Å². The number of benzene rings is 2. The van der Waals surface area contributed by atoms with Crippen LogP contribution in [0.5, 0.6) is 0 Å². The van der Waals surface area contributed by atoms with E-state index in [4.69, 9.17) is 0 Å². The maximum Gasteiger partial charge on any atom is 0.261 e. The third kappa shape index (κ3) is 4.83. The summed E-state index contributed by atoms with van der Waals surface area (Å²) in [6.45, 7) is 4.24. The van der Waals surface area contributed by atoms with Gasteiger partial charge in [0.1, 0.15) is 0 Å².